The van der Waals surface area contributed by atoms with Gasteiger partial charge in [0.05, 0.1) is 5.60 Å². The maximum atomic E-state index is 10.2. The normalized spacial score (nSPS) is 69.2. The Morgan fingerprint density at radius 3 is 2.54 bits per heavy atom. The lowest BCUT2D eigenvalue weighted by molar-refractivity contribution is -0.0508. The lowest BCUT2D eigenvalue weighted by atomic mass is 9.64. The van der Waals surface area contributed by atoms with Crippen LogP contribution in [0.1, 0.15) is 33.1 Å². The molecule has 74 valence electrons. The van der Waals surface area contributed by atoms with Gasteiger partial charge in [-0.2, -0.15) is 0 Å². The summed E-state index contributed by atoms with van der Waals surface area (Å²) in [5.74, 6) is 2.74. The van der Waals surface area contributed by atoms with Gasteiger partial charge in [-0.3, -0.25) is 0 Å². The van der Waals surface area contributed by atoms with Gasteiger partial charge in [-0.15, -0.1) is 0 Å². The summed E-state index contributed by atoms with van der Waals surface area (Å²) in [5, 5.41) is 10.2. The van der Waals surface area contributed by atoms with Crippen molar-refractivity contribution in [3.05, 3.63) is 0 Å². The van der Waals surface area contributed by atoms with E-state index in [0.29, 0.717) is 11.8 Å². The van der Waals surface area contributed by atoms with Crippen LogP contribution in [0.2, 0.25) is 0 Å². The zero-order valence-corrected chi connectivity index (χ0v) is 8.46. The quantitative estimate of drug-likeness (QED) is 0.588. The SMILES string of the molecule is CC1(N)CC2CC3C2C1CC3(C)O. The van der Waals surface area contributed by atoms with Gasteiger partial charge in [0.1, 0.15) is 0 Å². The van der Waals surface area contributed by atoms with Crippen LogP contribution in [0.15, 0.2) is 0 Å². The average Bonchev–Trinajstić information content (AvgIpc) is 2.22. The van der Waals surface area contributed by atoms with Gasteiger partial charge in [-0.25, -0.2) is 0 Å². The van der Waals surface area contributed by atoms with Crippen molar-refractivity contribution in [1.82, 2.24) is 0 Å². The molecule has 0 amide bonds. The van der Waals surface area contributed by atoms with Crippen molar-refractivity contribution in [3.8, 4) is 0 Å². The van der Waals surface area contributed by atoms with E-state index >= 15 is 0 Å². The number of rotatable bonds is 0. The van der Waals surface area contributed by atoms with E-state index in [1.54, 1.807) is 0 Å². The largest absolute Gasteiger partial charge is 0.390 e. The average molecular weight is 181 g/mol. The maximum Gasteiger partial charge on any atom is 0.0654 e. The first-order valence-electron chi connectivity index (χ1n) is 5.43. The van der Waals surface area contributed by atoms with Crippen LogP contribution >= 0.6 is 0 Å². The van der Waals surface area contributed by atoms with Crippen molar-refractivity contribution in [3.63, 3.8) is 0 Å². The molecule has 0 aromatic rings. The molecule has 3 saturated carbocycles. The van der Waals surface area contributed by atoms with Gasteiger partial charge in [-0.05, 0) is 56.8 Å². The standard InChI is InChI=1S/C11H19NO/c1-10(12)4-6-3-7-9(6)8(10)5-11(7,2)13/h6-9,13H,3-5,12H2,1-2H3. The molecule has 3 aliphatic carbocycles. The van der Waals surface area contributed by atoms with E-state index in [9.17, 15) is 5.11 Å². The topological polar surface area (TPSA) is 46.2 Å². The van der Waals surface area contributed by atoms with Crippen LogP contribution < -0.4 is 5.73 Å². The molecule has 3 aliphatic rings. The lowest BCUT2D eigenvalue weighted by Gasteiger charge is -2.43. The summed E-state index contributed by atoms with van der Waals surface area (Å²) in [6.07, 6.45) is 3.35. The summed E-state index contributed by atoms with van der Waals surface area (Å²) in [5.41, 5.74) is 5.88. The summed E-state index contributed by atoms with van der Waals surface area (Å²) in [4.78, 5) is 0. The Kier molecular flexibility index (Phi) is 1.24. The zero-order valence-electron chi connectivity index (χ0n) is 8.46. The van der Waals surface area contributed by atoms with Gasteiger partial charge in [0.15, 0.2) is 0 Å². The van der Waals surface area contributed by atoms with E-state index in [0.717, 1.165) is 18.3 Å². The Labute approximate surface area is 79.5 Å². The highest BCUT2D eigenvalue weighted by atomic mass is 16.3. The molecule has 0 bridgehead atoms. The number of hydrogen-bond acceptors (Lipinski definition) is 2. The van der Waals surface area contributed by atoms with Gasteiger partial charge in [0.25, 0.3) is 0 Å². The molecule has 3 fully saturated rings. The Hall–Kier alpha value is -0.0800. The second-order valence-corrected chi connectivity index (χ2v) is 6.06. The molecule has 3 N–H and O–H groups in total. The summed E-state index contributed by atoms with van der Waals surface area (Å²) < 4.78 is 0. The molecule has 6 unspecified atom stereocenters. The van der Waals surface area contributed by atoms with Crippen LogP contribution in [0.4, 0.5) is 0 Å². The van der Waals surface area contributed by atoms with Crippen molar-refractivity contribution in [2.45, 2.75) is 44.2 Å². The zero-order chi connectivity index (χ0) is 9.43. The third-order valence-electron chi connectivity index (χ3n) is 5.01. The predicted octanol–water partition coefficient (Wildman–Crippen LogP) is 1.13. The molecule has 13 heavy (non-hydrogen) atoms. The van der Waals surface area contributed by atoms with Gasteiger partial charge < -0.3 is 10.8 Å². The van der Waals surface area contributed by atoms with Gasteiger partial charge in [-0.1, -0.05) is 0 Å². The van der Waals surface area contributed by atoms with E-state index in [1.165, 1.54) is 12.8 Å². The molecule has 3 rings (SSSR count). The van der Waals surface area contributed by atoms with Crippen molar-refractivity contribution >= 4 is 0 Å². The van der Waals surface area contributed by atoms with E-state index in [4.69, 9.17) is 5.73 Å². The molecule has 6 atom stereocenters. The fourth-order valence-corrected chi connectivity index (χ4v) is 4.39. The Balaban J connectivity index is 1.97. The molecule has 0 heterocycles. The summed E-state index contributed by atoms with van der Waals surface area (Å²) >= 11 is 0. The summed E-state index contributed by atoms with van der Waals surface area (Å²) in [6.45, 7) is 4.18. The number of nitrogens with two attached hydrogens (primary N) is 1. The van der Waals surface area contributed by atoms with Crippen LogP contribution in [0.5, 0.6) is 0 Å². The molecule has 0 aromatic carbocycles. The molecule has 0 spiro atoms. The summed E-state index contributed by atoms with van der Waals surface area (Å²) in [7, 11) is 0. The fourth-order valence-electron chi connectivity index (χ4n) is 4.39. The van der Waals surface area contributed by atoms with E-state index in [-0.39, 0.29) is 5.54 Å². The molecular weight excluding hydrogens is 162 g/mol. The maximum absolute atomic E-state index is 10.2. The van der Waals surface area contributed by atoms with E-state index < -0.39 is 5.60 Å². The monoisotopic (exact) mass is 181 g/mol. The van der Waals surface area contributed by atoms with Gasteiger partial charge >= 0.3 is 0 Å². The van der Waals surface area contributed by atoms with E-state index in [1.807, 2.05) is 6.92 Å². The molecule has 2 nitrogen and oxygen atoms in total. The minimum Gasteiger partial charge on any atom is -0.390 e. The molecule has 0 aliphatic heterocycles. The molecule has 0 aromatic heterocycles. The fraction of sp³-hybridized carbons (Fsp3) is 1.00. The number of hydrogen-bond donors (Lipinski definition) is 2. The highest BCUT2D eigenvalue weighted by Crippen LogP contribution is 2.67. The van der Waals surface area contributed by atoms with Crippen LogP contribution in [-0.2, 0) is 0 Å². The Bertz CT molecular complexity index is 259. The highest BCUT2D eigenvalue weighted by molar-refractivity contribution is 5.18. The minimum atomic E-state index is -0.410. The first-order chi connectivity index (χ1) is 5.92. The first-order valence-corrected chi connectivity index (χ1v) is 5.43. The van der Waals surface area contributed by atoms with Gasteiger partial charge in [0, 0.05) is 5.54 Å². The van der Waals surface area contributed by atoms with Crippen LogP contribution in [0, 0.1) is 23.7 Å². The first kappa shape index (κ1) is 8.25. The van der Waals surface area contributed by atoms with Crippen LogP contribution in [0.25, 0.3) is 0 Å². The molecule has 2 heteroatoms. The smallest absolute Gasteiger partial charge is 0.0654 e. The third-order valence-corrected chi connectivity index (χ3v) is 5.01. The van der Waals surface area contributed by atoms with Crippen molar-refractivity contribution in [2.75, 3.05) is 0 Å². The van der Waals surface area contributed by atoms with E-state index in [2.05, 4.69) is 6.92 Å². The number of aliphatic hydroxyl groups is 1. The van der Waals surface area contributed by atoms with Crippen LogP contribution in [0.3, 0.4) is 0 Å². The molecular formula is C11H19NO. The second kappa shape index (κ2) is 1.96. The molecule has 0 radical (unpaired) electrons. The van der Waals surface area contributed by atoms with Crippen molar-refractivity contribution < 1.29 is 5.11 Å². The van der Waals surface area contributed by atoms with Crippen molar-refractivity contribution in [1.29, 1.82) is 0 Å². The third kappa shape index (κ3) is 0.816. The lowest BCUT2D eigenvalue weighted by Crippen LogP contribution is -2.44. The highest BCUT2D eigenvalue weighted by Gasteiger charge is 2.67. The Morgan fingerprint density at radius 1 is 1.23 bits per heavy atom. The second-order valence-electron chi connectivity index (χ2n) is 6.06. The predicted molar refractivity (Wildman–Crippen MR) is 51.0 cm³/mol. The minimum absolute atomic E-state index is 0.00454. The van der Waals surface area contributed by atoms with Crippen molar-refractivity contribution in [2.24, 2.45) is 29.4 Å². The summed E-state index contributed by atoms with van der Waals surface area (Å²) in [6, 6.07) is 0. The molecule has 0 saturated heterocycles. The Morgan fingerprint density at radius 2 is 1.92 bits per heavy atom. The van der Waals surface area contributed by atoms with Gasteiger partial charge in [0.2, 0.25) is 0 Å². The van der Waals surface area contributed by atoms with Crippen LogP contribution in [-0.4, -0.2) is 16.2 Å².